The van der Waals surface area contributed by atoms with Crippen LogP contribution >= 0.6 is 12.4 Å². The third-order valence-electron chi connectivity index (χ3n) is 1.01. The molecule has 0 unspecified atom stereocenters. The predicted octanol–water partition coefficient (Wildman–Crippen LogP) is 1.76. The van der Waals surface area contributed by atoms with Crippen molar-refractivity contribution in [1.29, 1.82) is 0 Å². The molecule has 1 aromatic carbocycles. The van der Waals surface area contributed by atoms with Crippen molar-refractivity contribution < 1.29 is 4.79 Å². The number of nitrogens with zero attached hydrogens (tertiary/aromatic N) is 2. The van der Waals surface area contributed by atoms with Gasteiger partial charge in [0.25, 0.3) is 6.21 Å². The van der Waals surface area contributed by atoms with Crippen molar-refractivity contribution in [2.75, 3.05) is 0 Å². The molecule has 0 bridgehead atoms. The standard InChI is InChI=1S/C7H6N2.ClH/c8-9-6-7-4-2-1-3-5-7;/h1-6H;1H. The maximum atomic E-state index is 8.09. The first kappa shape index (κ1) is 8.89. The summed E-state index contributed by atoms with van der Waals surface area (Å²) in [6.07, 6.45) is 1.39. The first-order valence-corrected chi connectivity index (χ1v) is 2.66. The van der Waals surface area contributed by atoms with Crippen molar-refractivity contribution in [3.63, 3.8) is 0 Å². The van der Waals surface area contributed by atoms with Crippen LogP contribution in [0.5, 0.6) is 0 Å². The molecule has 0 aromatic heterocycles. The van der Waals surface area contributed by atoms with Gasteiger partial charge in [0.2, 0.25) is 0 Å². The fourth-order valence-corrected chi connectivity index (χ4v) is 0.606. The minimum Gasteiger partial charge on any atom is -0.361 e. The summed E-state index contributed by atoms with van der Waals surface area (Å²) in [5.41, 5.74) is 8.99. The van der Waals surface area contributed by atoms with Crippen LogP contribution < -0.4 is 0 Å². The van der Waals surface area contributed by atoms with E-state index in [1.54, 1.807) is 0 Å². The minimum atomic E-state index is 0. The minimum absolute atomic E-state index is 0. The molecule has 0 N–H and O–H groups in total. The van der Waals surface area contributed by atoms with Gasteiger partial charge in [0.05, 0.1) is 5.56 Å². The Morgan fingerprint density at radius 3 is 2.30 bits per heavy atom. The molecule has 0 atom stereocenters. The van der Waals surface area contributed by atoms with Crippen LogP contribution in [0.3, 0.4) is 0 Å². The quantitative estimate of drug-likeness (QED) is 0.336. The second-order valence-electron chi connectivity index (χ2n) is 1.66. The van der Waals surface area contributed by atoms with Crippen molar-refractivity contribution in [3.8, 4) is 0 Å². The number of hydrogen-bond donors (Lipinski definition) is 0. The molecule has 0 aliphatic heterocycles. The van der Waals surface area contributed by atoms with E-state index in [2.05, 4.69) is 4.79 Å². The largest absolute Gasteiger partial charge is 0.361 e. The van der Waals surface area contributed by atoms with Gasteiger partial charge in [-0.25, -0.2) is 0 Å². The molecule has 1 aromatic rings. The molecule has 2 nitrogen and oxygen atoms in total. The molecule has 0 fully saturated rings. The second-order valence-corrected chi connectivity index (χ2v) is 1.66. The summed E-state index contributed by atoms with van der Waals surface area (Å²) in [7, 11) is 0. The molecule has 0 heterocycles. The van der Waals surface area contributed by atoms with Crippen LogP contribution in [0.1, 0.15) is 5.56 Å². The summed E-state index contributed by atoms with van der Waals surface area (Å²) in [6, 6.07) is 9.40. The molecule has 3 heteroatoms. The van der Waals surface area contributed by atoms with Crippen molar-refractivity contribution in [1.82, 2.24) is 0 Å². The molecule has 52 valence electrons. The maximum absolute atomic E-state index is 8.09. The Morgan fingerprint density at radius 1 is 1.20 bits per heavy atom. The first-order chi connectivity index (χ1) is 4.43. The third-order valence-corrected chi connectivity index (χ3v) is 1.01. The molecule has 0 aliphatic rings. The molecule has 0 aliphatic carbocycles. The van der Waals surface area contributed by atoms with Gasteiger partial charge < -0.3 is 5.53 Å². The fraction of sp³-hybridized carbons (Fsp3) is 0. The molecule has 0 radical (unpaired) electrons. The lowest BCUT2D eigenvalue weighted by molar-refractivity contribution is 0.00456. The summed E-state index contributed by atoms with van der Waals surface area (Å²) < 4.78 is 0. The maximum Gasteiger partial charge on any atom is 0.287 e. The highest BCUT2D eigenvalue weighted by Crippen LogP contribution is 1.91. The zero-order valence-corrected chi connectivity index (χ0v) is 6.08. The van der Waals surface area contributed by atoms with E-state index in [0.29, 0.717) is 0 Å². The summed E-state index contributed by atoms with van der Waals surface area (Å²) in [6.45, 7) is 0. The Balaban J connectivity index is 0.000000810. The van der Waals surface area contributed by atoms with Crippen molar-refractivity contribution in [2.45, 2.75) is 0 Å². The Morgan fingerprint density at radius 2 is 1.80 bits per heavy atom. The van der Waals surface area contributed by atoms with Crippen LogP contribution in [0.15, 0.2) is 30.3 Å². The molecular weight excluding hydrogens is 148 g/mol. The first-order valence-electron chi connectivity index (χ1n) is 2.66. The Kier molecular flexibility index (Phi) is 4.21. The van der Waals surface area contributed by atoms with Gasteiger partial charge in [-0.05, 0) is 12.1 Å². The van der Waals surface area contributed by atoms with Crippen molar-refractivity contribution >= 4 is 18.6 Å². The lowest BCUT2D eigenvalue weighted by atomic mass is 10.2. The van der Waals surface area contributed by atoms with Crippen LogP contribution in [0.25, 0.3) is 5.53 Å². The highest BCUT2D eigenvalue weighted by Gasteiger charge is 1.84. The Hall–Kier alpha value is -1.11. The molecular formula is C7H7ClN2. The molecule has 0 spiro atoms. The normalized spacial score (nSPS) is 7.20. The van der Waals surface area contributed by atoms with E-state index in [-0.39, 0.29) is 12.4 Å². The van der Waals surface area contributed by atoms with Gasteiger partial charge in [-0.3, -0.25) is 0 Å². The Labute approximate surface area is 65.5 Å². The van der Waals surface area contributed by atoms with Gasteiger partial charge in [-0.1, -0.05) is 18.2 Å². The summed E-state index contributed by atoms with van der Waals surface area (Å²) in [4.78, 5) is 2.88. The van der Waals surface area contributed by atoms with Gasteiger partial charge in [0.15, 0.2) is 0 Å². The van der Waals surface area contributed by atoms with E-state index in [1.165, 1.54) is 6.21 Å². The van der Waals surface area contributed by atoms with E-state index in [9.17, 15) is 0 Å². The van der Waals surface area contributed by atoms with E-state index >= 15 is 0 Å². The zero-order valence-electron chi connectivity index (χ0n) is 5.27. The van der Waals surface area contributed by atoms with Crippen LogP contribution in [-0.4, -0.2) is 11.0 Å². The van der Waals surface area contributed by atoms with Gasteiger partial charge in [-0.15, -0.1) is 12.4 Å². The molecule has 10 heavy (non-hydrogen) atoms. The fourth-order valence-electron chi connectivity index (χ4n) is 0.606. The number of hydrogen-bond acceptors (Lipinski definition) is 0. The molecule has 0 saturated carbocycles. The molecule has 0 saturated heterocycles. The second kappa shape index (κ2) is 4.74. The molecule has 0 amide bonds. The SMILES string of the molecule is Cl.[N-]=[N+]=Cc1ccccc1. The van der Waals surface area contributed by atoms with E-state index < -0.39 is 0 Å². The lowest BCUT2D eigenvalue weighted by Gasteiger charge is -1.79. The lowest BCUT2D eigenvalue weighted by Crippen LogP contribution is -1.77. The number of rotatable bonds is 1. The Bertz CT molecular complexity index is 227. The highest BCUT2D eigenvalue weighted by atomic mass is 35.5. The monoisotopic (exact) mass is 154 g/mol. The average Bonchev–Trinajstić information content (AvgIpc) is 1.91. The number of halogens is 1. The van der Waals surface area contributed by atoms with E-state index in [1.807, 2.05) is 30.3 Å². The van der Waals surface area contributed by atoms with E-state index in [0.717, 1.165) is 5.56 Å². The van der Waals surface area contributed by atoms with E-state index in [4.69, 9.17) is 5.53 Å². The van der Waals surface area contributed by atoms with Gasteiger partial charge in [0.1, 0.15) is 0 Å². The van der Waals surface area contributed by atoms with Gasteiger partial charge >= 0.3 is 0 Å². The highest BCUT2D eigenvalue weighted by molar-refractivity contribution is 5.85. The summed E-state index contributed by atoms with van der Waals surface area (Å²) >= 11 is 0. The summed E-state index contributed by atoms with van der Waals surface area (Å²) in [5, 5.41) is 0. The predicted molar refractivity (Wildman–Crippen MR) is 42.5 cm³/mol. The van der Waals surface area contributed by atoms with Crippen molar-refractivity contribution in [2.24, 2.45) is 0 Å². The smallest absolute Gasteiger partial charge is 0.287 e. The summed E-state index contributed by atoms with van der Waals surface area (Å²) in [5.74, 6) is 0. The van der Waals surface area contributed by atoms with Crippen LogP contribution in [0.2, 0.25) is 0 Å². The number of benzene rings is 1. The van der Waals surface area contributed by atoms with Crippen LogP contribution in [-0.2, 0) is 0 Å². The zero-order chi connectivity index (χ0) is 6.53. The molecule has 1 rings (SSSR count). The third kappa shape index (κ3) is 2.44. The van der Waals surface area contributed by atoms with Crippen LogP contribution in [0.4, 0.5) is 0 Å². The topological polar surface area (TPSA) is 36.4 Å². The van der Waals surface area contributed by atoms with Gasteiger partial charge in [-0.2, -0.15) is 4.79 Å². The average molecular weight is 155 g/mol. The van der Waals surface area contributed by atoms with Crippen LogP contribution in [0, 0.1) is 0 Å². The van der Waals surface area contributed by atoms with Crippen molar-refractivity contribution in [3.05, 3.63) is 41.4 Å². The van der Waals surface area contributed by atoms with Gasteiger partial charge in [0, 0.05) is 0 Å².